The van der Waals surface area contributed by atoms with E-state index in [4.69, 9.17) is 6.42 Å². The molecule has 1 N–H and O–H groups in total. The fourth-order valence-electron chi connectivity index (χ4n) is 2.14. The lowest BCUT2D eigenvalue weighted by Crippen LogP contribution is -2.40. The molecule has 3 nitrogen and oxygen atoms in total. The van der Waals surface area contributed by atoms with Crippen molar-refractivity contribution in [3.05, 3.63) is 29.8 Å². The molecule has 1 aliphatic rings. The zero-order valence-corrected chi connectivity index (χ0v) is 10.1. The van der Waals surface area contributed by atoms with Gasteiger partial charge in [-0.3, -0.25) is 10.1 Å². The van der Waals surface area contributed by atoms with Crippen molar-refractivity contribution in [1.82, 2.24) is 5.32 Å². The summed E-state index contributed by atoms with van der Waals surface area (Å²) in [5, 5.41) is 3.29. The van der Waals surface area contributed by atoms with Gasteiger partial charge in [-0.25, -0.2) is 0 Å². The van der Waals surface area contributed by atoms with Gasteiger partial charge in [0.2, 0.25) is 5.91 Å². The molecular formula is C14H16N2O. The summed E-state index contributed by atoms with van der Waals surface area (Å²) < 4.78 is 0. The largest absolute Gasteiger partial charge is 0.315 e. The minimum absolute atomic E-state index is 0.0148. The predicted octanol–water partition coefficient (Wildman–Crippen LogP) is 1.71. The third-order valence-corrected chi connectivity index (χ3v) is 3.13. The summed E-state index contributed by atoms with van der Waals surface area (Å²) >= 11 is 0. The number of hydrogen-bond donors (Lipinski definition) is 1. The number of para-hydroxylation sites is 1. The van der Waals surface area contributed by atoms with Crippen LogP contribution in [0.3, 0.4) is 0 Å². The number of fused-ring (bicyclic) bond motifs is 1. The van der Waals surface area contributed by atoms with Crippen LogP contribution in [0.5, 0.6) is 0 Å². The molecule has 2 unspecified atom stereocenters. The number of benzene rings is 1. The van der Waals surface area contributed by atoms with E-state index in [1.54, 1.807) is 4.90 Å². The van der Waals surface area contributed by atoms with Gasteiger partial charge in [-0.15, -0.1) is 6.42 Å². The van der Waals surface area contributed by atoms with Crippen LogP contribution in [0, 0.1) is 12.3 Å². The van der Waals surface area contributed by atoms with E-state index in [0.29, 0.717) is 6.42 Å². The maximum Gasteiger partial charge on any atom is 0.228 e. The first-order chi connectivity index (χ1) is 8.13. The second-order valence-corrected chi connectivity index (χ2v) is 4.32. The van der Waals surface area contributed by atoms with E-state index in [0.717, 1.165) is 11.3 Å². The average molecular weight is 228 g/mol. The molecule has 2 atom stereocenters. The van der Waals surface area contributed by atoms with Gasteiger partial charge in [-0.2, -0.15) is 0 Å². The van der Waals surface area contributed by atoms with Crippen LogP contribution in [0.25, 0.3) is 0 Å². The van der Waals surface area contributed by atoms with E-state index in [9.17, 15) is 4.79 Å². The quantitative estimate of drug-likeness (QED) is 0.781. The molecule has 3 heteroatoms. The van der Waals surface area contributed by atoms with Crippen LogP contribution in [0.2, 0.25) is 0 Å². The van der Waals surface area contributed by atoms with Gasteiger partial charge in [0, 0.05) is 25.2 Å². The summed E-state index contributed by atoms with van der Waals surface area (Å²) in [7, 11) is 1.81. The molecule has 0 saturated heterocycles. The van der Waals surface area contributed by atoms with Gasteiger partial charge in [-0.05, 0) is 18.6 Å². The molecule has 1 aliphatic heterocycles. The Hall–Kier alpha value is -1.79. The van der Waals surface area contributed by atoms with Crippen molar-refractivity contribution in [2.45, 2.75) is 25.4 Å². The molecule has 1 amide bonds. The number of nitrogens with one attached hydrogen (secondary N) is 1. The first-order valence-corrected chi connectivity index (χ1v) is 5.71. The van der Waals surface area contributed by atoms with Crippen molar-refractivity contribution in [2.24, 2.45) is 0 Å². The van der Waals surface area contributed by atoms with Gasteiger partial charge in [0.1, 0.15) is 0 Å². The maximum atomic E-state index is 11.9. The number of hydrogen-bond acceptors (Lipinski definition) is 2. The highest BCUT2D eigenvalue weighted by molar-refractivity contribution is 5.96. The molecule has 1 heterocycles. The van der Waals surface area contributed by atoms with Crippen molar-refractivity contribution in [2.75, 3.05) is 11.9 Å². The summed E-state index contributed by atoms with van der Waals surface area (Å²) in [6, 6.07) is 7.90. The molecule has 0 radical (unpaired) electrons. The van der Waals surface area contributed by atoms with E-state index in [2.05, 4.69) is 11.2 Å². The highest BCUT2D eigenvalue weighted by atomic mass is 16.2. The van der Waals surface area contributed by atoms with Gasteiger partial charge in [-0.1, -0.05) is 24.1 Å². The standard InChI is InChI=1S/C14H16N2O/c1-4-10(2)15-12-9-14(17)16(3)13-8-6-5-7-11(12)13/h1,5-8,10,12,15H,9H2,2-3H3. The number of nitrogens with zero attached hydrogens (tertiary/aromatic N) is 1. The first-order valence-electron chi connectivity index (χ1n) is 5.71. The Morgan fingerprint density at radius 2 is 2.24 bits per heavy atom. The van der Waals surface area contributed by atoms with Gasteiger partial charge < -0.3 is 4.90 Å². The van der Waals surface area contributed by atoms with Crippen LogP contribution in [-0.4, -0.2) is 19.0 Å². The van der Waals surface area contributed by atoms with Gasteiger partial charge in [0.15, 0.2) is 0 Å². The minimum Gasteiger partial charge on any atom is -0.315 e. The second-order valence-electron chi connectivity index (χ2n) is 4.32. The number of anilines is 1. The Labute approximate surface area is 102 Å². The Balaban J connectivity index is 2.34. The van der Waals surface area contributed by atoms with Crippen molar-refractivity contribution in [1.29, 1.82) is 0 Å². The van der Waals surface area contributed by atoms with Crippen molar-refractivity contribution in [3.8, 4) is 12.3 Å². The van der Waals surface area contributed by atoms with Crippen molar-refractivity contribution < 1.29 is 4.79 Å². The molecule has 1 aromatic rings. The number of carbonyl (C=O) groups excluding carboxylic acids is 1. The van der Waals surface area contributed by atoms with Crippen LogP contribution in [0.1, 0.15) is 24.9 Å². The lowest BCUT2D eigenvalue weighted by molar-refractivity contribution is -0.119. The number of amides is 1. The normalized spacial score (nSPS) is 20.6. The Bertz CT molecular complexity index is 475. The van der Waals surface area contributed by atoms with Gasteiger partial charge >= 0.3 is 0 Å². The molecule has 17 heavy (non-hydrogen) atoms. The summed E-state index contributed by atoms with van der Waals surface area (Å²) in [6.07, 6.45) is 5.82. The smallest absolute Gasteiger partial charge is 0.228 e. The highest BCUT2D eigenvalue weighted by Gasteiger charge is 2.28. The minimum atomic E-state index is -0.0377. The van der Waals surface area contributed by atoms with E-state index in [1.165, 1.54) is 0 Å². The van der Waals surface area contributed by atoms with Crippen molar-refractivity contribution in [3.63, 3.8) is 0 Å². The summed E-state index contributed by atoms with van der Waals surface area (Å²) in [6.45, 7) is 1.92. The van der Waals surface area contributed by atoms with E-state index >= 15 is 0 Å². The topological polar surface area (TPSA) is 32.3 Å². The molecule has 0 aliphatic carbocycles. The van der Waals surface area contributed by atoms with Gasteiger partial charge in [0.25, 0.3) is 0 Å². The molecule has 0 bridgehead atoms. The van der Waals surface area contributed by atoms with Crippen molar-refractivity contribution >= 4 is 11.6 Å². The zero-order chi connectivity index (χ0) is 12.4. The molecule has 0 fully saturated rings. The fraction of sp³-hybridized carbons (Fsp3) is 0.357. The first kappa shape index (κ1) is 11.7. The van der Waals surface area contributed by atoms with Crippen LogP contribution in [0.15, 0.2) is 24.3 Å². The molecule has 2 rings (SSSR count). The highest BCUT2D eigenvalue weighted by Crippen LogP contribution is 2.33. The molecule has 1 aromatic carbocycles. The summed E-state index contributed by atoms with van der Waals surface area (Å²) in [5.41, 5.74) is 2.10. The monoisotopic (exact) mass is 228 g/mol. The zero-order valence-electron chi connectivity index (χ0n) is 10.1. The van der Waals surface area contributed by atoms with E-state index in [1.807, 2.05) is 38.2 Å². The van der Waals surface area contributed by atoms with Crippen LogP contribution in [-0.2, 0) is 4.79 Å². The fourth-order valence-corrected chi connectivity index (χ4v) is 2.14. The molecular weight excluding hydrogens is 212 g/mol. The average Bonchev–Trinajstić information content (AvgIpc) is 2.35. The number of carbonyl (C=O) groups is 1. The van der Waals surface area contributed by atoms with Crippen LogP contribution < -0.4 is 10.2 Å². The molecule has 0 aromatic heterocycles. The van der Waals surface area contributed by atoms with E-state index in [-0.39, 0.29) is 18.0 Å². The second kappa shape index (κ2) is 4.60. The maximum absolute atomic E-state index is 11.9. The van der Waals surface area contributed by atoms with Crippen LogP contribution in [0.4, 0.5) is 5.69 Å². The lowest BCUT2D eigenvalue weighted by Gasteiger charge is -2.32. The Morgan fingerprint density at radius 1 is 1.53 bits per heavy atom. The van der Waals surface area contributed by atoms with Crippen LogP contribution >= 0.6 is 0 Å². The summed E-state index contributed by atoms with van der Waals surface area (Å²) in [5.74, 6) is 2.75. The number of rotatable bonds is 2. The lowest BCUT2D eigenvalue weighted by atomic mass is 9.95. The third kappa shape index (κ3) is 2.17. The van der Waals surface area contributed by atoms with E-state index < -0.39 is 0 Å². The summed E-state index contributed by atoms with van der Waals surface area (Å²) in [4.78, 5) is 13.6. The molecule has 0 spiro atoms. The SMILES string of the molecule is C#CC(C)NC1CC(=O)N(C)c2ccccc21. The molecule has 88 valence electrons. The third-order valence-electron chi connectivity index (χ3n) is 3.13. The predicted molar refractivity (Wildman–Crippen MR) is 68.6 cm³/mol. The number of terminal acetylenes is 1. The Morgan fingerprint density at radius 3 is 2.94 bits per heavy atom. The Kier molecular flexibility index (Phi) is 3.16. The molecule has 0 saturated carbocycles. The van der Waals surface area contributed by atoms with Gasteiger partial charge in [0.05, 0.1) is 6.04 Å².